The summed E-state index contributed by atoms with van der Waals surface area (Å²) in [6, 6.07) is 87.8. The largest absolute Gasteiger partial charge is 0.455 e. The fourth-order valence-corrected chi connectivity index (χ4v) is 10.1. The van der Waals surface area contributed by atoms with Gasteiger partial charge in [0.05, 0.1) is 16.7 Å². The van der Waals surface area contributed by atoms with Crippen molar-refractivity contribution < 1.29 is 4.42 Å². The van der Waals surface area contributed by atoms with Crippen LogP contribution in [0, 0.1) is 0 Å². The number of fused-ring (bicyclic) bond motifs is 9. The summed E-state index contributed by atoms with van der Waals surface area (Å²) in [5.74, 6) is 0. The Hall–Kier alpha value is -8.66. The average Bonchev–Trinajstić information content (AvgIpc) is 3.93. The second-order valence-electron chi connectivity index (χ2n) is 16.9. The highest BCUT2D eigenvalue weighted by Gasteiger charge is 2.20. The van der Waals surface area contributed by atoms with Crippen molar-refractivity contribution in [2.45, 2.75) is 0 Å². The van der Waals surface area contributed by atoms with Crippen molar-refractivity contribution >= 4 is 82.4 Å². The van der Waals surface area contributed by atoms with Crippen molar-refractivity contribution in [1.29, 1.82) is 0 Å². The maximum Gasteiger partial charge on any atom is 0.143 e. The van der Waals surface area contributed by atoms with E-state index in [1.165, 1.54) is 54.5 Å². The van der Waals surface area contributed by atoms with Crippen LogP contribution < -0.4 is 4.90 Å². The molecular formula is C62H40N2O. The lowest BCUT2D eigenvalue weighted by atomic mass is 9.97. The Kier molecular flexibility index (Phi) is 8.53. The number of para-hydroxylation sites is 4. The first kappa shape index (κ1) is 36.9. The summed E-state index contributed by atoms with van der Waals surface area (Å²) in [5, 5.41) is 9.67. The van der Waals surface area contributed by atoms with Gasteiger partial charge in [0.15, 0.2) is 0 Å². The molecule has 0 radical (unpaired) electrons. The van der Waals surface area contributed by atoms with E-state index in [1.54, 1.807) is 0 Å². The molecule has 0 fully saturated rings. The maximum absolute atomic E-state index is 6.47. The quantitative estimate of drug-likeness (QED) is 0.149. The second-order valence-corrected chi connectivity index (χ2v) is 16.9. The number of benzene rings is 11. The molecule has 0 spiro atoms. The van der Waals surface area contributed by atoms with Crippen molar-refractivity contribution in [3.8, 4) is 39.1 Å². The molecule has 0 saturated carbocycles. The van der Waals surface area contributed by atoms with E-state index in [4.69, 9.17) is 4.42 Å². The van der Waals surface area contributed by atoms with Crippen LogP contribution in [0.3, 0.4) is 0 Å². The summed E-state index contributed by atoms with van der Waals surface area (Å²) in [5.41, 5.74) is 15.4. The van der Waals surface area contributed by atoms with Gasteiger partial charge in [0.2, 0.25) is 0 Å². The number of aromatic nitrogens is 1. The van der Waals surface area contributed by atoms with E-state index < -0.39 is 0 Å². The van der Waals surface area contributed by atoms with Crippen LogP contribution in [0.5, 0.6) is 0 Å². The maximum atomic E-state index is 6.47. The lowest BCUT2D eigenvalue weighted by Gasteiger charge is -2.26. The monoisotopic (exact) mass is 828 g/mol. The first-order valence-electron chi connectivity index (χ1n) is 22.2. The zero-order chi connectivity index (χ0) is 42.8. The Labute approximate surface area is 376 Å². The summed E-state index contributed by atoms with van der Waals surface area (Å²) in [7, 11) is 0. The minimum absolute atomic E-state index is 0.902. The van der Waals surface area contributed by atoms with E-state index in [0.717, 1.165) is 66.9 Å². The summed E-state index contributed by atoms with van der Waals surface area (Å²) in [4.78, 5) is 2.38. The van der Waals surface area contributed by atoms with Gasteiger partial charge < -0.3 is 13.9 Å². The SMILES string of the molecule is c1ccc(-c2ccc(-c3ccc(N(c4ccc(-c5cccc6c5oc5ccccc56)cc4)c4ccc5ccc6ccccc6c5c4)cc3)c(-n3c4ccccc4c4ccccc43)c2)cc1. The summed E-state index contributed by atoms with van der Waals surface area (Å²) < 4.78 is 8.91. The standard InChI is InChI=1S/C62H40N2O/c1-2-13-41(14-3-1)46-32-38-51(60(39-46)64-58-22-9-6-17-53(58)54-18-7-10-23-59(54)64)43-27-33-47(34-28-43)63(49-37-31-45-26-25-42-15-4-5-16-50(42)57(45)40-49)48-35-29-44(30-36-48)52-20-12-21-56-55-19-8-11-24-61(55)65-62(52)56/h1-40H. The van der Waals surface area contributed by atoms with Gasteiger partial charge in [-0.3, -0.25) is 0 Å². The third kappa shape index (κ3) is 6.12. The summed E-state index contributed by atoms with van der Waals surface area (Å²) in [6.45, 7) is 0. The highest BCUT2D eigenvalue weighted by atomic mass is 16.3. The van der Waals surface area contributed by atoms with E-state index >= 15 is 0 Å². The lowest BCUT2D eigenvalue weighted by molar-refractivity contribution is 0.670. The number of hydrogen-bond donors (Lipinski definition) is 0. The van der Waals surface area contributed by atoms with E-state index in [9.17, 15) is 0 Å². The molecule has 0 atom stereocenters. The van der Waals surface area contributed by atoms with Gasteiger partial charge in [-0.15, -0.1) is 0 Å². The number of anilines is 3. The van der Waals surface area contributed by atoms with Crippen LogP contribution in [0.2, 0.25) is 0 Å². The molecule has 0 amide bonds. The molecule has 11 aromatic carbocycles. The van der Waals surface area contributed by atoms with Gasteiger partial charge in [-0.1, -0.05) is 182 Å². The Morgan fingerprint density at radius 2 is 0.846 bits per heavy atom. The predicted molar refractivity (Wildman–Crippen MR) is 274 cm³/mol. The van der Waals surface area contributed by atoms with Gasteiger partial charge in [-0.05, 0) is 104 Å². The number of rotatable bonds is 7. The molecule has 2 heterocycles. The van der Waals surface area contributed by atoms with Crippen LogP contribution in [0.4, 0.5) is 17.1 Å². The molecular weight excluding hydrogens is 789 g/mol. The van der Waals surface area contributed by atoms with Crippen LogP contribution in [0.15, 0.2) is 247 Å². The van der Waals surface area contributed by atoms with Crippen LogP contribution >= 0.6 is 0 Å². The number of hydrogen-bond acceptors (Lipinski definition) is 2. The normalized spacial score (nSPS) is 11.7. The molecule has 2 aromatic heterocycles. The summed E-state index contributed by atoms with van der Waals surface area (Å²) >= 11 is 0. The minimum Gasteiger partial charge on any atom is -0.455 e. The third-order valence-electron chi connectivity index (χ3n) is 13.2. The zero-order valence-corrected chi connectivity index (χ0v) is 35.4. The van der Waals surface area contributed by atoms with Crippen molar-refractivity contribution in [1.82, 2.24) is 4.57 Å². The highest BCUT2D eigenvalue weighted by molar-refractivity contribution is 6.12. The van der Waals surface area contributed by atoms with E-state index in [1.807, 2.05) is 12.1 Å². The van der Waals surface area contributed by atoms with Crippen molar-refractivity contribution in [3.63, 3.8) is 0 Å². The average molecular weight is 829 g/mol. The Morgan fingerprint density at radius 1 is 0.308 bits per heavy atom. The van der Waals surface area contributed by atoms with Crippen LogP contribution in [0.1, 0.15) is 0 Å². The van der Waals surface area contributed by atoms with Gasteiger partial charge in [-0.25, -0.2) is 0 Å². The zero-order valence-electron chi connectivity index (χ0n) is 35.4. The van der Waals surface area contributed by atoms with Crippen LogP contribution in [-0.2, 0) is 0 Å². The molecule has 0 saturated heterocycles. The molecule has 13 aromatic rings. The first-order chi connectivity index (χ1) is 32.2. The van der Waals surface area contributed by atoms with E-state index in [0.29, 0.717) is 0 Å². The van der Waals surface area contributed by atoms with Crippen molar-refractivity contribution in [2.75, 3.05) is 4.90 Å². The van der Waals surface area contributed by atoms with Crippen molar-refractivity contribution in [2.24, 2.45) is 0 Å². The van der Waals surface area contributed by atoms with E-state index in [-0.39, 0.29) is 0 Å². The molecule has 0 N–H and O–H groups in total. The fourth-order valence-electron chi connectivity index (χ4n) is 10.1. The van der Waals surface area contributed by atoms with Gasteiger partial charge in [-0.2, -0.15) is 0 Å². The third-order valence-corrected chi connectivity index (χ3v) is 13.2. The molecule has 304 valence electrons. The molecule has 0 aliphatic carbocycles. The van der Waals surface area contributed by atoms with Crippen LogP contribution in [-0.4, -0.2) is 4.57 Å². The molecule has 65 heavy (non-hydrogen) atoms. The van der Waals surface area contributed by atoms with Gasteiger partial charge in [0.25, 0.3) is 0 Å². The molecule has 13 rings (SSSR count). The first-order valence-corrected chi connectivity index (χ1v) is 22.2. The van der Waals surface area contributed by atoms with Crippen LogP contribution in [0.25, 0.3) is 104 Å². The Morgan fingerprint density at radius 3 is 1.57 bits per heavy atom. The predicted octanol–water partition coefficient (Wildman–Crippen LogP) is 17.5. The van der Waals surface area contributed by atoms with Crippen molar-refractivity contribution in [3.05, 3.63) is 243 Å². The molecule has 3 nitrogen and oxygen atoms in total. The summed E-state index contributed by atoms with van der Waals surface area (Å²) in [6.07, 6.45) is 0. The topological polar surface area (TPSA) is 21.3 Å². The van der Waals surface area contributed by atoms with Gasteiger partial charge in [0, 0.05) is 49.7 Å². The van der Waals surface area contributed by atoms with E-state index in [2.05, 4.69) is 240 Å². The molecule has 0 bridgehead atoms. The molecule has 0 aliphatic heterocycles. The Bertz CT molecular complexity index is 3880. The highest BCUT2D eigenvalue weighted by Crippen LogP contribution is 2.43. The molecule has 0 aliphatic rings. The molecule has 3 heteroatoms. The van der Waals surface area contributed by atoms with Gasteiger partial charge in [0.1, 0.15) is 11.2 Å². The number of nitrogens with zero attached hydrogens (tertiary/aromatic N) is 2. The number of furan rings is 1. The molecule has 0 unspecified atom stereocenters. The van der Waals surface area contributed by atoms with Gasteiger partial charge >= 0.3 is 0 Å². The Balaban J connectivity index is 0.965. The lowest BCUT2D eigenvalue weighted by Crippen LogP contribution is -2.10. The smallest absolute Gasteiger partial charge is 0.143 e. The second kappa shape index (κ2) is 15.0. The fraction of sp³-hybridized carbons (Fsp3) is 0. The minimum atomic E-state index is 0.902.